The minimum absolute atomic E-state index is 0.0261. The van der Waals surface area contributed by atoms with Crippen molar-refractivity contribution in [3.05, 3.63) is 59.4 Å². The number of hydrogen-bond donors (Lipinski definition) is 2. The van der Waals surface area contributed by atoms with E-state index in [9.17, 15) is 14.0 Å². The molecule has 0 spiro atoms. The van der Waals surface area contributed by atoms with Crippen LogP contribution in [0, 0.1) is 12.7 Å². The van der Waals surface area contributed by atoms with Crippen molar-refractivity contribution in [2.75, 3.05) is 30.8 Å². The maximum atomic E-state index is 13.1. The van der Waals surface area contributed by atoms with E-state index in [4.69, 9.17) is 0 Å². The second kappa shape index (κ2) is 9.10. The number of carbonyl (C=O) groups is 2. The third kappa shape index (κ3) is 5.67. The molecule has 0 radical (unpaired) electrons. The summed E-state index contributed by atoms with van der Waals surface area (Å²) in [5.41, 5.74) is 3.30. The molecule has 0 aliphatic rings. The average Bonchev–Trinajstić information content (AvgIpc) is 2.56. The van der Waals surface area contributed by atoms with Gasteiger partial charge in [-0.3, -0.25) is 14.5 Å². The van der Waals surface area contributed by atoms with Crippen molar-refractivity contribution < 1.29 is 14.0 Å². The van der Waals surface area contributed by atoms with Gasteiger partial charge in [-0.2, -0.15) is 0 Å². The summed E-state index contributed by atoms with van der Waals surface area (Å²) < 4.78 is 13.1. The van der Waals surface area contributed by atoms with E-state index in [1.54, 1.807) is 18.0 Å². The number of hydrogen-bond acceptors (Lipinski definition) is 3. The van der Waals surface area contributed by atoms with Crippen LogP contribution < -0.4 is 10.6 Å². The first kappa shape index (κ1) is 19.6. The summed E-state index contributed by atoms with van der Waals surface area (Å²) in [5.74, 6) is -0.911. The third-order valence-corrected chi connectivity index (χ3v) is 3.94. The van der Waals surface area contributed by atoms with E-state index in [0.717, 1.165) is 23.2 Å². The SMILES string of the molecule is CCc1cccc(C)c1NC(=O)CN(C)CC(=O)Nc1cccc(F)c1. The van der Waals surface area contributed by atoms with E-state index >= 15 is 0 Å². The molecule has 0 unspecified atom stereocenters. The Hall–Kier alpha value is -2.73. The van der Waals surface area contributed by atoms with Gasteiger partial charge in [0.2, 0.25) is 11.8 Å². The Morgan fingerprint density at radius 2 is 1.69 bits per heavy atom. The van der Waals surface area contributed by atoms with Gasteiger partial charge in [0.15, 0.2) is 0 Å². The number of aryl methyl sites for hydroxylation is 2. The van der Waals surface area contributed by atoms with Crippen molar-refractivity contribution in [3.63, 3.8) is 0 Å². The van der Waals surface area contributed by atoms with Gasteiger partial charge in [0.1, 0.15) is 5.82 Å². The molecule has 2 aromatic rings. The molecule has 138 valence electrons. The molecule has 0 saturated heterocycles. The van der Waals surface area contributed by atoms with Crippen molar-refractivity contribution in [1.29, 1.82) is 0 Å². The molecule has 0 aliphatic heterocycles. The monoisotopic (exact) mass is 357 g/mol. The highest BCUT2D eigenvalue weighted by molar-refractivity contribution is 5.95. The summed E-state index contributed by atoms with van der Waals surface area (Å²) in [4.78, 5) is 25.9. The molecule has 0 saturated carbocycles. The van der Waals surface area contributed by atoms with Crippen LogP contribution >= 0.6 is 0 Å². The van der Waals surface area contributed by atoms with Crippen LogP contribution in [0.5, 0.6) is 0 Å². The number of likely N-dealkylation sites (N-methyl/N-ethyl adjacent to an activating group) is 1. The van der Waals surface area contributed by atoms with Crippen molar-refractivity contribution in [3.8, 4) is 0 Å². The van der Waals surface area contributed by atoms with Crippen LogP contribution in [0.1, 0.15) is 18.1 Å². The van der Waals surface area contributed by atoms with Gasteiger partial charge in [-0.05, 0) is 49.7 Å². The summed E-state index contributed by atoms with van der Waals surface area (Å²) in [6.07, 6.45) is 0.823. The Kier molecular flexibility index (Phi) is 6.86. The van der Waals surface area contributed by atoms with Crippen molar-refractivity contribution in [2.24, 2.45) is 0 Å². The number of para-hydroxylation sites is 1. The average molecular weight is 357 g/mol. The highest BCUT2D eigenvalue weighted by Crippen LogP contribution is 2.20. The first-order valence-corrected chi connectivity index (χ1v) is 8.51. The molecule has 0 bridgehead atoms. The Labute approximate surface area is 153 Å². The van der Waals surface area contributed by atoms with Crippen molar-refractivity contribution in [2.45, 2.75) is 20.3 Å². The maximum Gasteiger partial charge on any atom is 0.238 e. The van der Waals surface area contributed by atoms with E-state index in [1.165, 1.54) is 18.2 Å². The summed E-state index contributed by atoms with van der Waals surface area (Å²) in [5, 5.41) is 5.54. The lowest BCUT2D eigenvalue weighted by atomic mass is 10.1. The summed E-state index contributed by atoms with van der Waals surface area (Å²) >= 11 is 0. The third-order valence-electron chi connectivity index (χ3n) is 3.94. The number of anilines is 2. The van der Waals surface area contributed by atoms with E-state index < -0.39 is 5.82 Å². The quantitative estimate of drug-likeness (QED) is 0.800. The highest BCUT2D eigenvalue weighted by atomic mass is 19.1. The Balaban J connectivity index is 1.88. The standard InChI is InChI=1S/C20H24FN3O2/c1-4-15-8-5-7-14(2)20(15)23-19(26)13-24(3)12-18(25)22-17-10-6-9-16(21)11-17/h5-11H,4,12-13H2,1-3H3,(H,22,25)(H,23,26). The Bertz CT molecular complexity index is 792. The maximum absolute atomic E-state index is 13.1. The first-order valence-electron chi connectivity index (χ1n) is 8.51. The second-order valence-electron chi connectivity index (χ2n) is 6.24. The largest absolute Gasteiger partial charge is 0.325 e. The smallest absolute Gasteiger partial charge is 0.238 e. The lowest BCUT2D eigenvalue weighted by Gasteiger charge is -2.18. The molecular formula is C20H24FN3O2. The zero-order chi connectivity index (χ0) is 19.1. The van der Waals surface area contributed by atoms with Gasteiger partial charge in [0.05, 0.1) is 13.1 Å². The zero-order valence-corrected chi connectivity index (χ0v) is 15.3. The molecule has 2 aromatic carbocycles. The zero-order valence-electron chi connectivity index (χ0n) is 15.3. The van der Waals surface area contributed by atoms with Gasteiger partial charge in [-0.1, -0.05) is 31.2 Å². The fraction of sp³-hybridized carbons (Fsp3) is 0.300. The molecule has 6 heteroatoms. The molecule has 26 heavy (non-hydrogen) atoms. The van der Waals surface area contributed by atoms with Crippen molar-refractivity contribution in [1.82, 2.24) is 4.90 Å². The van der Waals surface area contributed by atoms with Gasteiger partial charge in [0.25, 0.3) is 0 Å². The van der Waals surface area contributed by atoms with Crippen molar-refractivity contribution >= 4 is 23.2 Å². The van der Waals surface area contributed by atoms with E-state index in [0.29, 0.717) is 5.69 Å². The van der Waals surface area contributed by atoms with E-state index in [-0.39, 0.29) is 24.9 Å². The summed E-state index contributed by atoms with van der Waals surface area (Å²) in [6, 6.07) is 11.6. The number of benzene rings is 2. The number of carbonyl (C=O) groups excluding carboxylic acids is 2. The van der Waals surface area contributed by atoms with Crippen LogP contribution in [-0.4, -0.2) is 36.9 Å². The summed E-state index contributed by atoms with van der Waals surface area (Å²) in [7, 11) is 1.68. The van der Waals surface area contributed by atoms with E-state index in [1.807, 2.05) is 32.0 Å². The molecule has 2 N–H and O–H groups in total. The topological polar surface area (TPSA) is 61.4 Å². The number of rotatable bonds is 7. The van der Waals surface area contributed by atoms with Crippen LogP contribution in [0.2, 0.25) is 0 Å². The van der Waals surface area contributed by atoms with Crippen LogP contribution in [0.3, 0.4) is 0 Å². The Morgan fingerprint density at radius 3 is 2.35 bits per heavy atom. The molecule has 2 rings (SSSR count). The number of nitrogens with zero attached hydrogens (tertiary/aromatic N) is 1. The number of halogens is 1. The molecule has 2 amide bonds. The van der Waals surface area contributed by atoms with Gasteiger partial charge in [0, 0.05) is 11.4 Å². The molecule has 0 aromatic heterocycles. The molecule has 5 nitrogen and oxygen atoms in total. The number of nitrogens with one attached hydrogen (secondary N) is 2. The lowest BCUT2D eigenvalue weighted by Crippen LogP contribution is -2.36. The van der Waals surface area contributed by atoms with Gasteiger partial charge in [-0.15, -0.1) is 0 Å². The Morgan fingerprint density at radius 1 is 1.04 bits per heavy atom. The minimum atomic E-state index is -0.416. The summed E-state index contributed by atoms with van der Waals surface area (Å²) in [6.45, 7) is 4.09. The molecule has 0 heterocycles. The second-order valence-corrected chi connectivity index (χ2v) is 6.24. The molecule has 0 atom stereocenters. The predicted molar refractivity (Wildman–Crippen MR) is 102 cm³/mol. The first-order chi connectivity index (χ1) is 12.4. The van der Waals surface area contributed by atoms with Crippen LogP contribution in [0.4, 0.5) is 15.8 Å². The highest BCUT2D eigenvalue weighted by Gasteiger charge is 2.13. The fourth-order valence-electron chi connectivity index (χ4n) is 2.69. The van der Waals surface area contributed by atoms with Gasteiger partial charge >= 0.3 is 0 Å². The minimum Gasteiger partial charge on any atom is -0.325 e. The lowest BCUT2D eigenvalue weighted by molar-refractivity contribution is -0.119. The predicted octanol–water partition coefficient (Wildman–Crippen LogP) is 3.21. The van der Waals surface area contributed by atoms with Crippen LogP contribution in [0.15, 0.2) is 42.5 Å². The fourth-order valence-corrected chi connectivity index (χ4v) is 2.69. The van der Waals surface area contributed by atoms with Crippen LogP contribution in [0.25, 0.3) is 0 Å². The number of amides is 2. The van der Waals surface area contributed by atoms with E-state index in [2.05, 4.69) is 10.6 Å². The van der Waals surface area contributed by atoms with Gasteiger partial charge < -0.3 is 10.6 Å². The van der Waals surface area contributed by atoms with Gasteiger partial charge in [-0.25, -0.2) is 4.39 Å². The molecular weight excluding hydrogens is 333 g/mol. The molecule has 0 aliphatic carbocycles. The molecule has 0 fully saturated rings. The normalized spacial score (nSPS) is 10.7. The van der Waals surface area contributed by atoms with Crippen LogP contribution in [-0.2, 0) is 16.0 Å².